The van der Waals surface area contributed by atoms with Gasteiger partial charge in [0.05, 0.1) is 23.5 Å². The minimum atomic E-state index is -0.174. The van der Waals surface area contributed by atoms with Gasteiger partial charge < -0.3 is 9.57 Å². The summed E-state index contributed by atoms with van der Waals surface area (Å²) in [6.45, 7) is 0. The van der Waals surface area contributed by atoms with Crippen LogP contribution in [0.5, 0.6) is 5.75 Å². The van der Waals surface area contributed by atoms with Gasteiger partial charge in [-0.15, -0.1) is 16.4 Å². The Labute approximate surface area is 130 Å². The number of ether oxygens (including phenoxy) is 1. The second-order valence-electron chi connectivity index (χ2n) is 5.10. The molecular weight excluding hydrogens is 310 g/mol. The van der Waals surface area contributed by atoms with Gasteiger partial charge >= 0.3 is 5.97 Å². The first-order chi connectivity index (χ1) is 10.2. The van der Waals surface area contributed by atoms with E-state index >= 15 is 0 Å². The molecule has 3 saturated heterocycles. The maximum Gasteiger partial charge on any atom is 0.332 e. The van der Waals surface area contributed by atoms with E-state index in [1.54, 1.807) is 12.2 Å². The molecule has 0 saturated carbocycles. The van der Waals surface area contributed by atoms with Gasteiger partial charge in [0.15, 0.2) is 0 Å². The molecule has 6 heteroatoms. The van der Waals surface area contributed by atoms with Gasteiger partial charge in [0, 0.05) is 4.88 Å². The Morgan fingerprint density at radius 2 is 2.14 bits per heavy atom. The molecule has 3 aliphatic rings. The van der Waals surface area contributed by atoms with Crippen LogP contribution >= 0.6 is 22.9 Å². The van der Waals surface area contributed by atoms with E-state index in [2.05, 4.69) is 0 Å². The predicted molar refractivity (Wildman–Crippen MR) is 79.2 cm³/mol. The third kappa shape index (κ3) is 1.88. The summed E-state index contributed by atoms with van der Waals surface area (Å²) in [5, 5.41) is 1.77. The van der Waals surface area contributed by atoms with Gasteiger partial charge in [0.2, 0.25) is 0 Å². The molecule has 0 aliphatic carbocycles. The topological polar surface area (TPSA) is 38.8 Å². The average Bonchev–Trinajstić information content (AvgIpc) is 3.12. The molecule has 4 atom stereocenters. The van der Waals surface area contributed by atoms with Crippen molar-refractivity contribution in [3.63, 3.8) is 0 Å². The van der Waals surface area contributed by atoms with Crippen molar-refractivity contribution in [3.05, 3.63) is 51.2 Å². The van der Waals surface area contributed by atoms with Gasteiger partial charge in [-0.05, 0) is 29.8 Å². The molecule has 0 radical (unpaired) electrons. The second-order valence-corrected chi connectivity index (χ2v) is 6.85. The van der Waals surface area contributed by atoms with Crippen LogP contribution in [0, 0.1) is 5.92 Å². The minimum Gasteiger partial charge on any atom is -0.497 e. The summed E-state index contributed by atoms with van der Waals surface area (Å²) in [6.07, 6.45) is 0. The van der Waals surface area contributed by atoms with E-state index in [1.807, 2.05) is 36.4 Å². The fourth-order valence-corrected chi connectivity index (χ4v) is 4.27. The predicted octanol–water partition coefficient (Wildman–Crippen LogP) is 3.60. The third-order valence-electron chi connectivity index (χ3n) is 4.02. The maximum atomic E-state index is 12.0. The van der Waals surface area contributed by atoms with Crippen molar-refractivity contribution in [2.45, 2.75) is 12.1 Å². The van der Waals surface area contributed by atoms with Crippen molar-refractivity contribution in [2.24, 2.45) is 5.92 Å². The molecule has 2 bridgehead atoms. The van der Waals surface area contributed by atoms with E-state index in [1.165, 1.54) is 11.3 Å². The zero-order valence-corrected chi connectivity index (χ0v) is 12.7. The van der Waals surface area contributed by atoms with Crippen LogP contribution < -0.4 is 4.74 Å². The average molecular weight is 322 g/mol. The molecule has 5 rings (SSSR count). The monoisotopic (exact) mass is 321 g/mol. The van der Waals surface area contributed by atoms with E-state index < -0.39 is 0 Å². The highest BCUT2D eigenvalue weighted by atomic mass is 35.5. The summed E-state index contributed by atoms with van der Waals surface area (Å²) < 4.78 is 5.97. The number of thiophene rings is 1. The lowest BCUT2D eigenvalue weighted by molar-refractivity contribution is -0.194. The zero-order chi connectivity index (χ0) is 14.6. The normalized spacial score (nSPS) is 29.9. The lowest BCUT2D eigenvalue weighted by Gasteiger charge is -2.41. The van der Waals surface area contributed by atoms with Crippen molar-refractivity contribution >= 4 is 28.9 Å². The molecule has 0 amide bonds. The molecule has 1 aromatic carbocycles. The number of carbonyl (C=O) groups excluding carboxylic acids is 1. The van der Waals surface area contributed by atoms with Crippen molar-refractivity contribution < 1.29 is 14.4 Å². The first-order valence-electron chi connectivity index (χ1n) is 6.58. The highest BCUT2D eigenvalue weighted by molar-refractivity contribution is 7.16. The molecule has 4 unspecified atom stereocenters. The van der Waals surface area contributed by atoms with Crippen LogP contribution in [0.2, 0.25) is 4.34 Å². The number of methoxy groups -OCH3 is 1. The molecule has 2 aromatic rings. The van der Waals surface area contributed by atoms with Crippen LogP contribution in [0.15, 0.2) is 36.4 Å². The maximum absolute atomic E-state index is 12.0. The third-order valence-corrected chi connectivity index (χ3v) is 5.32. The number of rotatable bonds is 3. The summed E-state index contributed by atoms with van der Waals surface area (Å²) >= 11 is 7.48. The van der Waals surface area contributed by atoms with Gasteiger partial charge in [0.25, 0.3) is 0 Å². The molecule has 21 heavy (non-hydrogen) atoms. The number of carbonyl (C=O) groups is 1. The van der Waals surface area contributed by atoms with E-state index in [0.29, 0.717) is 0 Å². The SMILES string of the molecule is COc1cccc(C2C3C(=O)ON2C3c2ccc(Cl)s2)c1. The van der Waals surface area contributed by atoms with Crippen LogP contribution in [0.1, 0.15) is 22.5 Å². The largest absolute Gasteiger partial charge is 0.497 e. The first-order valence-corrected chi connectivity index (χ1v) is 7.78. The number of hydroxylamine groups is 2. The molecule has 3 aliphatic heterocycles. The van der Waals surface area contributed by atoms with Crippen molar-refractivity contribution in [1.29, 1.82) is 0 Å². The van der Waals surface area contributed by atoms with Gasteiger partial charge in [-0.1, -0.05) is 23.7 Å². The van der Waals surface area contributed by atoms with Gasteiger partial charge in [-0.25, -0.2) is 4.79 Å². The van der Waals surface area contributed by atoms with E-state index in [9.17, 15) is 4.79 Å². The number of nitrogens with zero attached hydrogens (tertiary/aromatic N) is 1. The Hall–Kier alpha value is -1.56. The fraction of sp³-hybridized carbons (Fsp3) is 0.267. The Morgan fingerprint density at radius 3 is 2.76 bits per heavy atom. The number of halogens is 1. The highest BCUT2D eigenvalue weighted by Crippen LogP contribution is 2.59. The Balaban J connectivity index is 1.66. The van der Waals surface area contributed by atoms with E-state index in [-0.39, 0.29) is 24.0 Å². The number of fused-ring (bicyclic) bond motifs is 1. The van der Waals surface area contributed by atoms with Gasteiger partial charge in [-0.2, -0.15) is 0 Å². The smallest absolute Gasteiger partial charge is 0.332 e. The van der Waals surface area contributed by atoms with E-state index in [0.717, 1.165) is 20.5 Å². The van der Waals surface area contributed by atoms with Gasteiger partial charge in [0.1, 0.15) is 11.7 Å². The van der Waals surface area contributed by atoms with Crippen LogP contribution in [0.3, 0.4) is 0 Å². The first kappa shape index (κ1) is 13.1. The lowest BCUT2D eigenvalue weighted by Crippen LogP contribution is -2.43. The van der Waals surface area contributed by atoms with Crippen LogP contribution in [0.4, 0.5) is 0 Å². The van der Waals surface area contributed by atoms with Crippen molar-refractivity contribution in [1.82, 2.24) is 5.06 Å². The van der Waals surface area contributed by atoms with Crippen LogP contribution in [-0.2, 0) is 9.63 Å². The molecule has 1 aromatic heterocycles. The van der Waals surface area contributed by atoms with Crippen molar-refractivity contribution in [2.75, 3.05) is 7.11 Å². The fourth-order valence-electron chi connectivity index (χ4n) is 3.07. The molecule has 108 valence electrons. The van der Waals surface area contributed by atoms with Crippen LogP contribution in [0.25, 0.3) is 0 Å². The zero-order valence-electron chi connectivity index (χ0n) is 11.2. The molecule has 0 N–H and O–H groups in total. The number of hydrogen-bond acceptors (Lipinski definition) is 5. The summed E-state index contributed by atoms with van der Waals surface area (Å²) in [7, 11) is 1.63. The highest BCUT2D eigenvalue weighted by Gasteiger charge is 2.63. The number of hydrogen-bond donors (Lipinski definition) is 0. The molecule has 4 heterocycles. The summed E-state index contributed by atoms with van der Waals surface area (Å²) in [6, 6.07) is 11.5. The number of benzene rings is 1. The molecule has 3 fully saturated rings. The molecule has 4 nitrogen and oxygen atoms in total. The summed E-state index contributed by atoms with van der Waals surface area (Å²) in [5.74, 6) is 0.437. The second kappa shape index (κ2) is 4.73. The molecular formula is C15H12ClNO3S. The standard InChI is InChI=1S/C15H12ClNO3S/c1-19-9-4-2-3-8(7-9)13-12-14(17(13)20-15(12)18)10-5-6-11(16)21-10/h2-7,12-14H,1H3. The van der Waals surface area contributed by atoms with Gasteiger partial charge in [-0.3, -0.25) is 0 Å². The summed E-state index contributed by atoms with van der Waals surface area (Å²) in [4.78, 5) is 18.5. The molecule has 0 spiro atoms. The Morgan fingerprint density at radius 1 is 1.29 bits per heavy atom. The lowest BCUT2D eigenvalue weighted by atomic mass is 9.79. The summed E-state index contributed by atoms with van der Waals surface area (Å²) in [5.41, 5.74) is 1.03. The Bertz CT molecular complexity index is 716. The van der Waals surface area contributed by atoms with Crippen LogP contribution in [-0.4, -0.2) is 18.1 Å². The quantitative estimate of drug-likeness (QED) is 0.866. The van der Waals surface area contributed by atoms with E-state index in [4.69, 9.17) is 21.2 Å². The van der Waals surface area contributed by atoms with Crippen molar-refractivity contribution in [3.8, 4) is 5.75 Å². The Kier molecular flexibility index (Phi) is 2.96. The minimum absolute atomic E-state index is 0.0220.